The summed E-state index contributed by atoms with van der Waals surface area (Å²) in [7, 11) is 0. The van der Waals surface area contributed by atoms with Gasteiger partial charge in [-0.25, -0.2) is 0 Å². The lowest BCUT2D eigenvalue weighted by Gasteiger charge is -2.19. The number of benzene rings is 1. The lowest BCUT2D eigenvalue weighted by atomic mass is 9.83. The fourth-order valence-corrected chi connectivity index (χ4v) is 4.64. The molecular weight excluding hydrogens is 310 g/mol. The molecule has 1 aromatic rings. The van der Waals surface area contributed by atoms with Gasteiger partial charge in [0, 0.05) is 17.4 Å². The Hall–Kier alpha value is -2.21. The molecule has 2 aliphatic rings. The highest BCUT2D eigenvalue weighted by Crippen LogP contribution is 2.49. The van der Waals surface area contributed by atoms with Crippen LogP contribution in [-0.4, -0.2) is 11.6 Å². The van der Waals surface area contributed by atoms with Gasteiger partial charge < -0.3 is 0 Å². The molecule has 2 atom stereocenters. The fraction of sp³-hybridized carbons (Fsp3) is 0.500. The molecule has 2 unspecified atom stereocenters. The van der Waals surface area contributed by atoms with E-state index in [4.69, 9.17) is 5.26 Å². The Morgan fingerprint density at radius 1 is 1.08 bits per heavy atom. The van der Waals surface area contributed by atoms with Crippen molar-refractivity contribution in [3.8, 4) is 6.07 Å². The first-order valence-electron chi connectivity index (χ1n) is 9.21. The zero-order valence-corrected chi connectivity index (χ0v) is 15.5. The summed E-state index contributed by atoms with van der Waals surface area (Å²) in [6.07, 6.45) is 2.82. The van der Waals surface area contributed by atoms with Crippen LogP contribution in [0.2, 0.25) is 0 Å². The Labute approximate surface area is 149 Å². The van der Waals surface area contributed by atoms with E-state index in [1.54, 1.807) is 6.92 Å². The normalized spacial score (nSPS) is 25.2. The zero-order chi connectivity index (χ0) is 18.3. The van der Waals surface area contributed by atoms with Gasteiger partial charge in [-0.15, -0.1) is 0 Å². The molecule has 0 heterocycles. The van der Waals surface area contributed by atoms with Crippen LogP contribution < -0.4 is 0 Å². The molecule has 0 saturated heterocycles. The van der Waals surface area contributed by atoms with Crippen LogP contribution in [0.4, 0.5) is 0 Å². The smallest absolute Gasteiger partial charge is 0.151 e. The molecule has 0 amide bonds. The quantitative estimate of drug-likeness (QED) is 0.614. The molecule has 0 aliphatic heterocycles. The van der Waals surface area contributed by atoms with Crippen LogP contribution in [-0.2, 0) is 22.4 Å². The van der Waals surface area contributed by atoms with Crippen LogP contribution in [0, 0.1) is 30.1 Å². The third kappa shape index (κ3) is 2.74. The van der Waals surface area contributed by atoms with Gasteiger partial charge >= 0.3 is 0 Å². The van der Waals surface area contributed by atoms with Crippen molar-refractivity contribution in [2.75, 3.05) is 0 Å². The molecule has 0 bridgehead atoms. The molecule has 2 aliphatic carbocycles. The topological polar surface area (TPSA) is 57.9 Å². The summed E-state index contributed by atoms with van der Waals surface area (Å²) in [4.78, 5) is 26.3. The third-order valence-corrected chi connectivity index (χ3v) is 5.96. The van der Waals surface area contributed by atoms with E-state index in [9.17, 15) is 9.59 Å². The molecule has 2 fully saturated rings. The van der Waals surface area contributed by atoms with Crippen LogP contribution in [0.5, 0.6) is 0 Å². The van der Waals surface area contributed by atoms with Crippen LogP contribution in [0.1, 0.15) is 61.8 Å². The lowest BCUT2D eigenvalue weighted by molar-refractivity contribution is -0.125. The second-order valence-corrected chi connectivity index (χ2v) is 7.40. The summed E-state index contributed by atoms with van der Waals surface area (Å²) in [5, 5.41) is 9.11. The van der Waals surface area contributed by atoms with Gasteiger partial charge in [0.05, 0.1) is 6.07 Å². The number of hydrogen-bond donors (Lipinski definition) is 0. The second-order valence-electron chi connectivity index (χ2n) is 7.40. The minimum absolute atomic E-state index is 0.0731. The molecule has 0 radical (unpaired) electrons. The Balaban J connectivity index is 2.05. The number of nitrogens with zero attached hydrogens (tertiary/aromatic N) is 1. The number of carbonyl (C=O) groups is 2. The summed E-state index contributed by atoms with van der Waals surface area (Å²) in [5.74, 6) is -0.907. The van der Waals surface area contributed by atoms with Crippen LogP contribution in [0.25, 0.3) is 0 Å². The SMILES string of the molecule is CCc1cc(C)cc(CC)c1C1C(=O)C2CC(=C(C)C#N)CC2C1=O. The highest BCUT2D eigenvalue weighted by Gasteiger charge is 2.53. The first-order chi connectivity index (χ1) is 11.9. The summed E-state index contributed by atoms with van der Waals surface area (Å²) in [6, 6.07) is 6.41. The molecule has 25 heavy (non-hydrogen) atoms. The van der Waals surface area contributed by atoms with Crippen molar-refractivity contribution < 1.29 is 9.59 Å². The van der Waals surface area contributed by atoms with Crippen molar-refractivity contribution in [3.63, 3.8) is 0 Å². The minimum Gasteiger partial charge on any atom is -0.298 e. The maximum absolute atomic E-state index is 13.1. The van der Waals surface area contributed by atoms with E-state index in [0.29, 0.717) is 18.4 Å². The van der Waals surface area contributed by atoms with Gasteiger partial charge in [0.15, 0.2) is 11.6 Å². The van der Waals surface area contributed by atoms with E-state index in [-0.39, 0.29) is 23.4 Å². The van der Waals surface area contributed by atoms with Crippen LogP contribution in [0.3, 0.4) is 0 Å². The largest absolute Gasteiger partial charge is 0.298 e. The number of carbonyl (C=O) groups excluding carboxylic acids is 2. The molecule has 2 saturated carbocycles. The highest BCUT2D eigenvalue weighted by atomic mass is 16.2. The van der Waals surface area contributed by atoms with Gasteiger partial charge in [-0.1, -0.05) is 37.1 Å². The maximum Gasteiger partial charge on any atom is 0.151 e. The van der Waals surface area contributed by atoms with Gasteiger partial charge in [0.1, 0.15) is 5.92 Å². The van der Waals surface area contributed by atoms with Gasteiger partial charge in [-0.2, -0.15) is 5.26 Å². The Bertz CT molecular complexity index is 774. The monoisotopic (exact) mass is 335 g/mol. The van der Waals surface area contributed by atoms with Crippen molar-refractivity contribution >= 4 is 11.6 Å². The Kier molecular flexibility index (Phi) is 4.64. The van der Waals surface area contributed by atoms with E-state index in [0.717, 1.165) is 35.1 Å². The van der Waals surface area contributed by atoms with Crippen LogP contribution in [0.15, 0.2) is 23.3 Å². The van der Waals surface area contributed by atoms with Gasteiger partial charge in [0.2, 0.25) is 0 Å². The molecule has 130 valence electrons. The van der Waals surface area contributed by atoms with Crippen molar-refractivity contribution in [2.45, 2.75) is 59.3 Å². The molecule has 3 heteroatoms. The molecule has 0 aromatic heterocycles. The van der Waals surface area contributed by atoms with E-state index in [2.05, 4.69) is 39.0 Å². The third-order valence-electron chi connectivity index (χ3n) is 5.96. The Morgan fingerprint density at radius 2 is 1.56 bits per heavy atom. The van der Waals surface area contributed by atoms with Crippen molar-refractivity contribution in [3.05, 3.63) is 45.5 Å². The molecule has 0 spiro atoms. The summed E-state index contributed by atoms with van der Waals surface area (Å²) in [6.45, 7) is 8.02. The van der Waals surface area contributed by atoms with E-state index >= 15 is 0 Å². The molecule has 0 N–H and O–H groups in total. The number of rotatable bonds is 3. The number of ketones is 2. The fourth-order valence-electron chi connectivity index (χ4n) is 4.64. The zero-order valence-electron chi connectivity index (χ0n) is 15.5. The Morgan fingerprint density at radius 3 is 1.96 bits per heavy atom. The summed E-state index contributed by atoms with van der Waals surface area (Å²) >= 11 is 0. The maximum atomic E-state index is 13.1. The number of fused-ring (bicyclic) bond motifs is 1. The van der Waals surface area contributed by atoms with Crippen molar-refractivity contribution in [2.24, 2.45) is 11.8 Å². The summed E-state index contributed by atoms with van der Waals surface area (Å²) in [5.41, 5.74) is 6.09. The minimum atomic E-state index is -0.593. The first-order valence-corrected chi connectivity index (χ1v) is 9.21. The number of nitriles is 1. The number of Topliss-reactive ketones (excluding diaryl/α,β-unsaturated/α-hetero) is 2. The number of allylic oxidation sites excluding steroid dienone is 2. The predicted octanol–water partition coefficient (Wildman–Crippen LogP) is 4.22. The highest BCUT2D eigenvalue weighted by molar-refractivity contribution is 6.17. The molecule has 1 aromatic carbocycles. The lowest BCUT2D eigenvalue weighted by Crippen LogP contribution is -2.20. The van der Waals surface area contributed by atoms with Gasteiger partial charge in [-0.05, 0) is 56.2 Å². The average molecular weight is 335 g/mol. The predicted molar refractivity (Wildman–Crippen MR) is 97.2 cm³/mol. The number of aryl methyl sites for hydroxylation is 3. The van der Waals surface area contributed by atoms with Gasteiger partial charge in [-0.3, -0.25) is 9.59 Å². The second kappa shape index (κ2) is 6.59. The number of hydrogen-bond acceptors (Lipinski definition) is 3. The summed E-state index contributed by atoms with van der Waals surface area (Å²) < 4.78 is 0. The average Bonchev–Trinajstić information content (AvgIpc) is 3.14. The van der Waals surface area contributed by atoms with E-state index < -0.39 is 5.92 Å². The van der Waals surface area contributed by atoms with E-state index in [1.165, 1.54) is 5.56 Å². The standard InChI is InChI=1S/C22H25NO2/c1-5-14-7-12(3)8-15(6-2)19(14)20-21(24)17-9-16(13(4)11-23)10-18(17)22(20)25/h7-8,17-18,20H,5-6,9-10H2,1-4H3. The van der Waals surface area contributed by atoms with Gasteiger partial charge in [0.25, 0.3) is 0 Å². The van der Waals surface area contributed by atoms with Crippen molar-refractivity contribution in [1.82, 2.24) is 0 Å². The van der Waals surface area contributed by atoms with E-state index in [1.807, 2.05) is 0 Å². The first kappa shape index (κ1) is 17.6. The molecule has 3 nitrogen and oxygen atoms in total. The molecule has 3 rings (SSSR count). The van der Waals surface area contributed by atoms with Crippen LogP contribution >= 0.6 is 0 Å². The molecular formula is C22H25NO2. The van der Waals surface area contributed by atoms with Crippen molar-refractivity contribution in [1.29, 1.82) is 5.26 Å².